The van der Waals surface area contributed by atoms with Gasteiger partial charge in [0.15, 0.2) is 23.0 Å². The number of carboxylic acids is 2. The van der Waals surface area contributed by atoms with E-state index in [2.05, 4.69) is 4.74 Å². The number of methoxy groups -OCH3 is 2. The molecule has 9 nitrogen and oxygen atoms in total. The molecule has 0 saturated carbocycles. The molecule has 0 spiro atoms. The van der Waals surface area contributed by atoms with E-state index in [1.807, 2.05) is 0 Å². The van der Waals surface area contributed by atoms with Gasteiger partial charge in [0.2, 0.25) is 0 Å². The fourth-order valence-electron chi connectivity index (χ4n) is 2.22. The second-order valence-electron chi connectivity index (χ2n) is 5.53. The van der Waals surface area contributed by atoms with Crippen LogP contribution in [-0.2, 0) is 0 Å². The van der Waals surface area contributed by atoms with E-state index in [0.29, 0.717) is 0 Å². The molecule has 0 fully saturated rings. The van der Waals surface area contributed by atoms with Crippen molar-refractivity contribution in [3.8, 4) is 23.0 Å². The Morgan fingerprint density at radius 3 is 1.50 bits per heavy atom. The molecule has 0 bridgehead atoms. The van der Waals surface area contributed by atoms with Crippen LogP contribution < -0.4 is 18.5 Å². The fourth-order valence-corrected chi connectivity index (χ4v) is 3.45. The van der Waals surface area contributed by atoms with E-state index < -0.39 is 19.4 Å². The largest absolute Gasteiger partial charge is 0.493 e. The lowest BCUT2D eigenvalue weighted by molar-refractivity contribution is 0.0685. The maximum Gasteiger partial charge on any atom is 0.335 e. The number of rotatable bonds is 8. The smallest absolute Gasteiger partial charge is 0.335 e. The Balaban J connectivity index is 2.37. The first-order chi connectivity index (χ1) is 13.2. The number of carboxylic acid groups (broad SMARTS) is 2. The van der Waals surface area contributed by atoms with Crippen molar-refractivity contribution in [3.05, 3.63) is 47.5 Å². The molecule has 2 aromatic rings. The zero-order valence-corrected chi connectivity index (χ0v) is 16.6. The minimum absolute atomic E-state index is 0.0459. The standard InChI is InChI=1S/C18H20NO8P/c1-19-28(4,26-13-7-5-11(17(20)21)9-15(13)24-2)27-14-8-6-12(18(22)23)10-16(14)25-3/h5-10H,1-4H3,(H,20,21)(H,22,23). The van der Waals surface area contributed by atoms with Gasteiger partial charge in [0, 0.05) is 13.7 Å². The van der Waals surface area contributed by atoms with Crippen molar-refractivity contribution in [2.75, 3.05) is 27.9 Å². The Morgan fingerprint density at radius 1 is 0.821 bits per heavy atom. The van der Waals surface area contributed by atoms with Gasteiger partial charge < -0.3 is 28.7 Å². The Bertz CT molecular complexity index is 885. The van der Waals surface area contributed by atoms with Crippen LogP contribution in [-0.4, -0.2) is 50.1 Å². The van der Waals surface area contributed by atoms with Gasteiger partial charge in [-0.3, -0.25) is 0 Å². The second kappa shape index (κ2) is 8.67. The van der Waals surface area contributed by atoms with Crippen LogP contribution in [0.15, 0.2) is 41.1 Å². The van der Waals surface area contributed by atoms with Crippen LogP contribution in [0.25, 0.3) is 0 Å². The van der Waals surface area contributed by atoms with Gasteiger partial charge in [-0.25, -0.2) is 14.3 Å². The van der Waals surface area contributed by atoms with Crippen LogP contribution in [0.1, 0.15) is 20.7 Å². The molecule has 2 rings (SSSR count). The second-order valence-corrected chi connectivity index (χ2v) is 7.90. The highest BCUT2D eigenvalue weighted by molar-refractivity contribution is 7.56. The highest BCUT2D eigenvalue weighted by Gasteiger charge is 2.23. The van der Waals surface area contributed by atoms with E-state index in [1.54, 1.807) is 6.66 Å². The third kappa shape index (κ3) is 4.75. The van der Waals surface area contributed by atoms with E-state index in [-0.39, 0.29) is 34.1 Å². The summed E-state index contributed by atoms with van der Waals surface area (Å²) in [6.45, 7) is 1.64. The van der Waals surface area contributed by atoms with E-state index in [0.717, 1.165) is 0 Å². The predicted molar refractivity (Wildman–Crippen MR) is 102 cm³/mol. The predicted octanol–water partition coefficient (Wildman–Crippen LogP) is 3.85. The molecule has 2 aromatic carbocycles. The summed E-state index contributed by atoms with van der Waals surface area (Å²) in [7, 11) is 1.42. The minimum atomic E-state index is -2.88. The number of carbonyl (C=O) groups is 2. The molecule has 0 aliphatic rings. The van der Waals surface area contributed by atoms with Crippen molar-refractivity contribution >= 4 is 19.4 Å². The lowest BCUT2D eigenvalue weighted by atomic mass is 10.2. The van der Waals surface area contributed by atoms with Crippen molar-refractivity contribution in [1.82, 2.24) is 0 Å². The zero-order valence-electron chi connectivity index (χ0n) is 15.7. The first-order valence-corrected chi connectivity index (χ1v) is 9.95. The Morgan fingerprint density at radius 2 is 1.21 bits per heavy atom. The molecule has 0 unspecified atom stereocenters. The van der Waals surface area contributed by atoms with Crippen molar-refractivity contribution in [2.45, 2.75) is 0 Å². The summed E-state index contributed by atoms with van der Waals surface area (Å²) in [4.78, 5) is 22.2. The third-order valence-electron chi connectivity index (χ3n) is 3.72. The quantitative estimate of drug-likeness (QED) is 0.630. The first-order valence-electron chi connectivity index (χ1n) is 7.92. The molecule has 0 saturated heterocycles. The van der Waals surface area contributed by atoms with Crippen molar-refractivity contribution in [2.24, 2.45) is 4.74 Å². The number of hydrogen-bond donors (Lipinski definition) is 2. The maximum absolute atomic E-state index is 11.1. The molecule has 0 aliphatic carbocycles. The van der Waals surface area contributed by atoms with Crippen molar-refractivity contribution in [3.63, 3.8) is 0 Å². The van der Waals surface area contributed by atoms with E-state index in [1.165, 1.54) is 57.7 Å². The molecule has 150 valence electrons. The van der Waals surface area contributed by atoms with Gasteiger partial charge in [0.1, 0.15) is 0 Å². The SMILES string of the molecule is CN=P(C)(Oc1ccc(C(=O)O)cc1OC)Oc1ccc(C(=O)O)cc1OC. The molecule has 10 heteroatoms. The van der Waals surface area contributed by atoms with Gasteiger partial charge in [-0.2, -0.15) is 0 Å². The lowest BCUT2D eigenvalue weighted by Gasteiger charge is -2.23. The molecule has 0 aliphatic heterocycles. The van der Waals surface area contributed by atoms with E-state index >= 15 is 0 Å². The van der Waals surface area contributed by atoms with E-state index in [4.69, 9.17) is 28.7 Å². The average molecular weight is 409 g/mol. The summed E-state index contributed by atoms with van der Waals surface area (Å²) in [5, 5.41) is 18.2. The number of aromatic carboxylic acids is 2. The van der Waals surface area contributed by atoms with Gasteiger partial charge in [-0.15, -0.1) is 0 Å². The summed E-state index contributed by atoms with van der Waals surface area (Å²) < 4.78 is 26.5. The van der Waals surface area contributed by atoms with Gasteiger partial charge in [-0.1, -0.05) is 0 Å². The normalized spacial score (nSPS) is 10.7. The van der Waals surface area contributed by atoms with Crippen LogP contribution in [0.5, 0.6) is 23.0 Å². The monoisotopic (exact) mass is 409 g/mol. The van der Waals surface area contributed by atoms with Crippen LogP contribution in [0, 0.1) is 0 Å². The molecule has 28 heavy (non-hydrogen) atoms. The van der Waals surface area contributed by atoms with Crippen LogP contribution in [0.3, 0.4) is 0 Å². The summed E-state index contributed by atoms with van der Waals surface area (Å²) in [5.74, 6) is -1.24. The molecule has 2 N–H and O–H groups in total. The summed E-state index contributed by atoms with van der Waals surface area (Å²) in [6.07, 6.45) is 0. The Labute approximate surface area is 161 Å². The van der Waals surface area contributed by atoms with E-state index in [9.17, 15) is 9.59 Å². The van der Waals surface area contributed by atoms with Gasteiger partial charge >= 0.3 is 19.4 Å². The Hall–Kier alpha value is -3.19. The summed E-state index contributed by atoms with van der Waals surface area (Å²) in [6, 6.07) is 8.34. The third-order valence-corrected chi connectivity index (χ3v) is 5.52. The van der Waals surface area contributed by atoms with Crippen LogP contribution >= 0.6 is 7.51 Å². The fraction of sp³-hybridized carbons (Fsp3) is 0.222. The number of nitrogens with zero attached hydrogens (tertiary/aromatic N) is 1. The number of ether oxygens (including phenoxy) is 2. The summed E-state index contributed by atoms with van der Waals surface area (Å²) >= 11 is 0. The van der Waals surface area contributed by atoms with Gasteiger partial charge in [0.25, 0.3) is 0 Å². The average Bonchev–Trinajstić information content (AvgIpc) is 2.68. The molecule has 0 heterocycles. The van der Waals surface area contributed by atoms with Crippen molar-refractivity contribution < 1.29 is 38.3 Å². The zero-order chi connectivity index (χ0) is 20.9. The minimum Gasteiger partial charge on any atom is -0.493 e. The van der Waals surface area contributed by atoms with Crippen LogP contribution in [0.2, 0.25) is 0 Å². The molecule has 0 atom stereocenters. The van der Waals surface area contributed by atoms with Gasteiger partial charge in [-0.05, 0) is 36.4 Å². The Kier molecular flexibility index (Phi) is 6.53. The molecule has 0 aromatic heterocycles. The molecular weight excluding hydrogens is 389 g/mol. The number of benzene rings is 2. The van der Waals surface area contributed by atoms with Crippen molar-refractivity contribution in [1.29, 1.82) is 0 Å². The first kappa shape index (κ1) is 21.1. The molecule has 0 amide bonds. The highest BCUT2D eigenvalue weighted by Crippen LogP contribution is 2.51. The molecule has 0 radical (unpaired) electrons. The highest BCUT2D eigenvalue weighted by atomic mass is 31.2. The molecular formula is C18H20NO8P. The maximum atomic E-state index is 11.1. The summed E-state index contributed by atoms with van der Waals surface area (Å²) in [5.41, 5.74) is 0.0917. The number of hydrogen-bond acceptors (Lipinski definition) is 7. The topological polar surface area (TPSA) is 124 Å². The van der Waals surface area contributed by atoms with Crippen LogP contribution in [0.4, 0.5) is 0 Å². The van der Waals surface area contributed by atoms with Gasteiger partial charge in [0.05, 0.1) is 25.3 Å². The lowest BCUT2D eigenvalue weighted by Crippen LogP contribution is -2.04.